The Labute approximate surface area is 154 Å². The fourth-order valence-corrected chi connectivity index (χ4v) is 2.02. The third-order valence-electron chi connectivity index (χ3n) is 3.33. The van der Waals surface area contributed by atoms with Crippen LogP contribution < -0.4 is 19.6 Å². The topological polar surface area (TPSA) is 133 Å². The van der Waals surface area contributed by atoms with Gasteiger partial charge in [-0.1, -0.05) is 0 Å². The molecule has 0 saturated heterocycles. The van der Waals surface area contributed by atoms with Crippen molar-refractivity contribution >= 4 is 17.8 Å². The first kappa shape index (κ1) is 19.5. The minimum absolute atomic E-state index is 0.0835. The van der Waals surface area contributed by atoms with Gasteiger partial charge >= 0.3 is 5.69 Å². The van der Waals surface area contributed by atoms with E-state index in [9.17, 15) is 20.0 Å². The number of carbonyl (C=O) groups excluding carboxylic acids is 1. The number of amides is 1. The van der Waals surface area contributed by atoms with E-state index in [0.29, 0.717) is 11.5 Å². The molecule has 0 bridgehead atoms. The Kier molecular flexibility index (Phi) is 6.53. The predicted molar refractivity (Wildman–Crippen MR) is 95.5 cm³/mol. The zero-order chi connectivity index (χ0) is 19.8. The third kappa shape index (κ3) is 5.33. The maximum absolute atomic E-state index is 11.7. The molecule has 0 atom stereocenters. The van der Waals surface area contributed by atoms with Crippen molar-refractivity contribution in [2.24, 2.45) is 5.10 Å². The van der Waals surface area contributed by atoms with E-state index < -0.39 is 22.3 Å². The first-order valence-corrected chi connectivity index (χ1v) is 7.58. The van der Waals surface area contributed by atoms with Gasteiger partial charge in [-0.25, -0.2) is 5.43 Å². The number of nitro benzene ring substituents is 1. The van der Waals surface area contributed by atoms with Gasteiger partial charge in [0.05, 0.1) is 25.4 Å². The fraction of sp³-hybridized carbons (Fsp3) is 0.176. The summed E-state index contributed by atoms with van der Waals surface area (Å²) in [5, 5.41) is 24.3. The van der Waals surface area contributed by atoms with E-state index in [-0.39, 0.29) is 17.9 Å². The minimum atomic E-state index is -0.754. The van der Waals surface area contributed by atoms with Gasteiger partial charge in [-0.2, -0.15) is 5.10 Å². The third-order valence-corrected chi connectivity index (χ3v) is 3.33. The monoisotopic (exact) mass is 375 g/mol. The predicted octanol–water partition coefficient (Wildman–Crippen LogP) is 1.85. The average Bonchev–Trinajstić information content (AvgIpc) is 2.67. The van der Waals surface area contributed by atoms with Crippen LogP contribution in [0.25, 0.3) is 0 Å². The Bertz CT molecular complexity index is 850. The second-order valence-electron chi connectivity index (χ2n) is 5.11. The number of methoxy groups -OCH3 is 2. The number of nitrogens with zero attached hydrogens (tertiary/aromatic N) is 2. The summed E-state index contributed by atoms with van der Waals surface area (Å²) in [6.45, 7) is -0.275. The first-order valence-electron chi connectivity index (χ1n) is 7.58. The normalized spacial score (nSPS) is 10.4. The summed E-state index contributed by atoms with van der Waals surface area (Å²) < 4.78 is 15.2. The maximum atomic E-state index is 11.7. The van der Waals surface area contributed by atoms with E-state index in [1.54, 1.807) is 31.4 Å². The van der Waals surface area contributed by atoms with Gasteiger partial charge in [0.1, 0.15) is 11.5 Å². The summed E-state index contributed by atoms with van der Waals surface area (Å²) >= 11 is 0. The molecule has 2 N–H and O–H groups in total. The highest BCUT2D eigenvalue weighted by atomic mass is 16.6. The van der Waals surface area contributed by atoms with Crippen molar-refractivity contribution in [1.82, 2.24) is 5.43 Å². The van der Waals surface area contributed by atoms with Gasteiger partial charge in [0.25, 0.3) is 5.91 Å². The molecule has 2 rings (SSSR count). The summed E-state index contributed by atoms with van der Waals surface area (Å²) in [5.74, 6) is -0.0534. The zero-order valence-corrected chi connectivity index (χ0v) is 14.5. The van der Waals surface area contributed by atoms with E-state index in [1.165, 1.54) is 19.4 Å². The number of hydrogen-bond acceptors (Lipinski definition) is 8. The van der Waals surface area contributed by atoms with E-state index in [1.807, 2.05) is 0 Å². The van der Waals surface area contributed by atoms with Gasteiger partial charge in [-0.05, 0) is 30.3 Å². The molecule has 0 aromatic heterocycles. The van der Waals surface area contributed by atoms with Gasteiger partial charge in [0, 0.05) is 11.6 Å². The van der Waals surface area contributed by atoms with Gasteiger partial charge in [-0.15, -0.1) is 0 Å². The Morgan fingerprint density at radius 3 is 2.48 bits per heavy atom. The molecule has 142 valence electrons. The first-order chi connectivity index (χ1) is 12.9. The molecular weight excluding hydrogens is 358 g/mol. The van der Waals surface area contributed by atoms with Crippen molar-refractivity contribution in [2.75, 3.05) is 20.8 Å². The van der Waals surface area contributed by atoms with Crippen LogP contribution in [0.2, 0.25) is 0 Å². The van der Waals surface area contributed by atoms with Crippen LogP contribution >= 0.6 is 0 Å². The molecule has 0 saturated carbocycles. The average molecular weight is 375 g/mol. The van der Waals surface area contributed by atoms with Crippen LogP contribution in [0.4, 0.5) is 5.69 Å². The van der Waals surface area contributed by atoms with Crippen LogP contribution in [0, 0.1) is 10.1 Å². The number of nitro groups is 1. The van der Waals surface area contributed by atoms with Gasteiger partial charge in [0.15, 0.2) is 12.4 Å². The molecule has 0 unspecified atom stereocenters. The number of benzene rings is 2. The van der Waals surface area contributed by atoms with Gasteiger partial charge in [0.2, 0.25) is 5.75 Å². The quantitative estimate of drug-likeness (QED) is 0.409. The van der Waals surface area contributed by atoms with Crippen molar-refractivity contribution < 1.29 is 29.0 Å². The summed E-state index contributed by atoms with van der Waals surface area (Å²) in [7, 11) is 2.80. The molecule has 27 heavy (non-hydrogen) atoms. The highest BCUT2D eigenvalue weighted by molar-refractivity contribution is 5.85. The van der Waals surface area contributed by atoms with Crippen molar-refractivity contribution in [2.45, 2.75) is 0 Å². The van der Waals surface area contributed by atoms with Crippen LogP contribution in [-0.2, 0) is 4.79 Å². The number of aromatic hydroxyl groups is 1. The lowest BCUT2D eigenvalue weighted by Gasteiger charge is -2.06. The second-order valence-corrected chi connectivity index (χ2v) is 5.11. The Morgan fingerprint density at radius 1 is 1.22 bits per heavy atom. The molecular formula is C17H17N3O7. The lowest BCUT2D eigenvalue weighted by Crippen LogP contribution is -2.24. The molecule has 0 spiro atoms. The minimum Gasteiger partial charge on any atom is -0.500 e. The number of hydrazone groups is 1. The summed E-state index contributed by atoms with van der Waals surface area (Å²) in [6, 6.07) is 9.12. The highest BCUT2D eigenvalue weighted by Gasteiger charge is 2.19. The van der Waals surface area contributed by atoms with E-state index in [2.05, 4.69) is 10.5 Å². The Morgan fingerprint density at radius 2 is 1.89 bits per heavy atom. The second kappa shape index (κ2) is 9.04. The van der Waals surface area contributed by atoms with Crippen LogP contribution in [0.1, 0.15) is 5.56 Å². The molecule has 10 nitrogen and oxygen atoms in total. The number of phenolic OH excluding ortho intramolecular Hbond substituents is 1. The molecule has 0 aliphatic heterocycles. The number of phenols is 1. The summed E-state index contributed by atoms with van der Waals surface area (Å²) in [4.78, 5) is 21.9. The van der Waals surface area contributed by atoms with Crippen LogP contribution in [0.15, 0.2) is 41.5 Å². The van der Waals surface area contributed by atoms with Crippen LogP contribution in [-0.4, -0.2) is 43.0 Å². The standard InChI is InChI=1S/C17H17N3O7/c1-25-12-3-5-13(6-4-12)27-10-16(21)19-18-9-11-7-14(20(23)24)17(22)15(8-11)26-2/h3-9,22H,10H2,1-2H3,(H,19,21)/b18-9-. The summed E-state index contributed by atoms with van der Waals surface area (Å²) in [6.07, 6.45) is 1.18. The van der Waals surface area contributed by atoms with Crippen LogP contribution in [0.3, 0.4) is 0 Å². The fourth-order valence-electron chi connectivity index (χ4n) is 2.02. The largest absolute Gasteiger partial charge is 0.500 e. The SMILES string of the molecule is COc1ccc(OCC(=O)N/N=C\c2cc(OC)c(O)c([N+](=O)[O-])c2)cc1. The molecule has 1 amide bonds. The van der Waals surface area contributed by atoms with E-state index >= 15 is 0 Å². The number of carbonyl (C=O) groups is 1. The lowest BCUT2D eigenvalue weighted by molar-refractivity contribution is -0.386. The van der Waals surface area contributed by atoms with Crippen molar-refractivity contribution in [3.8, 4) is 23.0 Å². The highest BCUT2D eigenvalue weighted by Crippen LogP contribution is 2.36. The number of ether oxygens (including phenoxy) is 3. The van der Waals surface area contributed by atoms with Crippen LogP contribution in [0.5, 0.6) is 23.0 Å². The molecule has 0 aliphatic carbocycles. The van der Waals surface area contributed by atoms with Crippen molar-refractivity contribution in [3.05, 3.63) is 52.1 Å². The maximum Gasteiger partial charge on any atom is 0.315 e. The molecule has 0 fully saturated rings. The molecule has 2 aromatic carbocycles. The summed E-state index contributed by atoms with van der Waals surface area (Å²) in [5.41, 5.74) is 1.95. The van der Waals surface area contributed by atoms with Gasteiger partial charge in [-0.3, -0.25) is 14.9 Å². The Balaban J connectivity index is 1.94. The number of hydrogen-bond donors (Lipinski definition) is 2. The van der Waals surface area contributed by atoms with Crippen molar-refractivity contribution in [1.29, 1.82) is 0 Å². The molecule has 0 radical (unpaired) electrons. The number of nitrogens with one attached hydrogen (secondary N) is 1. The van der Waals surface area contributed by atoms with E-state index in [4.69, 9.17) is 14.2 Å². The smallest absolute Gasteiger partial charge is 0.315 e. The molecule has 2 aromatic rings. The van der Waals surface area contributed by atoms with Crippen molar-refractivity contribution in [3.63, 3.8) is 0 Å². The number of rotatable bonds is 8. The van der Waals surface area contributed by atoms with Gasteiger partial charge < -0.3 is 19.3 Å². The molecule has 10 heteroatoms. The molecule has 0 heterocycles. The lowest BCUT2D eigenvalue weighted by atomic mass is 10.2. The zero-order valence-electron chi connectivity index (χ0n) is 14.5. The van der Waals surface area contributed by atoms with E-state index in [0.717, 1.165) is 6.07 Å². The molecule has 0 aliphatic rings. The Hall–Kier alpha value is -3.82.